The lowest BCUT2D eigenvalue weighted by molar-refractivity contribution is -0.137. The molecule has 16 heteroatoms. The Hall–Kier alpha value is -4.76. The number of hydrogen-bond acceptors (Lipinski definition) is 11. The molecule has 1 aliphatic carbocycles. The van der Waals surface area contributed by atoms with E-state index in [-0.39, 0.29) is 36.3 Å². The number of benzene rings is 2. The summed E-state index contributed by atoms with van der Waals surface area (Å²) in [7, 11) is -4.16. The number of nitrogens with zero attached hydrogens (tertiary/aromatic N) is 4. The first-order valence-corrected chi connectivity index (χ1v) is 20.9. The van der Waals surface area contributed by atoms with Crippen LogP contribution in [0.4, 0.5) is 11.5 Å². The standard InChI is InChI=1S/C20H32O5.C12H11N.C9H14N5O4P/c1-2-3-6-9-15(21)12-13-17-16(18(22)14-19(17)23)10-7-4-5-8-11-20(24)25;13-12-8-6-11(7-9-12)10-4-2-1-3-5-10;1-6(18-5-19(15,16)17)2-14-4-13-7-8(10)11-3-12-9(7)14/h4,7,12-13,15-17,19,21,23H,2-3,5-6,8-11,14H2,1H3,(H,24,25);1-9H,13H2;3-4,6H,2,5H2,1H3,(H2,10,11,12)(H2,15,16,17)/b7-4-,13-12+;;/t15-,16+,17+,19+;;6-/m0.1/s1. The Kier molecular flexibility index (Phi) is 19.7. The lowest BCUT2D eigenvalue weighted by Crippen LogP contribution is -2.18. The number of carboxylic acid groups (broad SMARTS) is 1. The number of aliphatic hydroxyl groups excluding tert-OH is 2. The molecule has 57 heavy (non-hydrogen) atoms. The monoisotopic (exact) mass is 808 g/mol. The van der Waals surface area contributed by atoms with Crippen molar-refractivity contribution in [1.29, 1.82) is 0 Å². The number of imidazole rings is 1. The van der Waals surface area contributed by atoms with E-state index in [4.69, 9.17) is 31.1 Å². The van der Waals surface area contributed by atoms with Crippen LogP contribution in [0, 0.1) is 11.8 Å². The van der Waals surface area contributed by atoms with Gasteiger partial charge >= 0.3 is 13.6 Å². The van der Waals surface area contributed by atoms with Gasteiger partial charge in [0, 0.05) is 30.4 Å². The Balaban J connectivity index is 0.000000240. The van der Waals surface area contributed by atoms with Crippen molar-refractivity contribution >= 4 is 42.0 Å². The van der Waals surface area contributed by atoms with E-state index in [0.29, 0.717) is 43.4 Å². The topological polar surface area (TPSA) is 257 Å². The van der Waals surface area contributed by atoms with Crippen LogP contribution in [0.5, 0.6) is 0 Å². The zero-order valence-corrected chi connectivity index (χ0v) is 33.5. The summed E-state index contributed by atoms with van der Waals surface area (Å²) in [4.78, 5) is 52.0. The van der Waals surface area contributed by atoms with Crippen LogP contribution in [0.25, 0.3) is 22.3 Å². The van der Waals surface area contributed by atoms with Crippen molar-refractivity contribution in [3.05, 3.63) is 91.6 Å². The lowest BCUT2D eigenvalue weighted by atomic mass is 9.90. The number of allylic oxidation sites excluding steroid dienone is 2. The number of Topliss-reactive ketones (excluding diaryl/α,β-unsaturated/α-hetero) is 1. The molecule has 0 unspecified atom stereocenters. The summed E-state index contributed by atoms with van der Waals surface area (Å²) in [5, 5.41) is 28.7. The van der Waals surface area contributed by atoms with Crippen LogP contribution in [-0.4, -0.2) is 81.0 Å². The minimum absolute atomic E-state index is 0.0535. The van der Waals surface area contributed by atoms with Gasteiger partial charge < -0.3 is 45.9 Å². The number of nitrogens with two attached hydrogens (primary N) is 2. The maximum atomic E-state index is 12.1. The Morgan fingerprint density at radius 1 is 1.02 bits per heavy atom. The number of rotatable bonds is 18. The fourth-order valence-corrected chi connectivity index (χ4v) is 6.56. The maximum Gasteiger partial charge on any atom is 0.350 e. The largest absolute Gasteiger partial charge is 0.481 e. The minimum Gasteiger partial charge on any atom is -0.481 e. The van der Waals surface area contributed by atoms with Crippen LogP contribution in [0.3, 0.4) is 0 Å². The van der Waals surface area contributed by atoms with Gasteiger partial charge in [0.05, 0.1) is 31.2 Å². The van der Waals surface area contributed by atoms with E-state index >= 15 is 0 Å². The van der Waals surface area contributed by atoms with Gasteiger partial charge in [0.25, 0.3) is 0 Å². The van der Waals surface area contributed by atoms with Crippen molar-refractivity contribution in [3.8, 4) is 11.1 Å². The number of ketones is 1. The van der Waals surface area contributed by atoms with Gasteiger partial charge in [0.2, 0.25) is 0 Å². The van der Waals surface area contributed by atoms with Crippen LogP contribution < -0.4 is 11.5 Å². The Bertz CT molecular complexity index is 1920. The van der Waals surface area contributed by atoms with Crippen LogP contribution >= 0.6 is 7.60 Å². The van der Waals surface area contributed by atoms with Gasteiger partial charge in [0.1, 0.15) is 24.0 Å². The van der Waals surface area contributed by atoms with E-state index in [1.807, 2.05) is 54.6 Å². The number of carbonyl (C=O) groups excluding carboxylic acids is 1. The average molecular weight is 809 g/mol. The highest BCUT2D eigenvalue weighted by atomic mass is 31.2. The molecule has 0 aliphatic heterocycles. The Labute approximate surface area is 333 Å². The molecule has 4 aromatic rings. The molecule has 310 valence electrons. The maximum absolute atomic E-state index is 12.1. The molecule has 2 aromatic carbocycles. The zero-order valence-electron chi connectivity index (χ0n) is 32.6. The van der Waals surface area contributed by atoms with Crippen molar-refractivity contribution in [2.24, 2.45) is 11.8 Å². The van der Waals surface area contributed by atoms with E-state index < -0.39 is 38.2 Å². The summed E-state index contributed by atoms with van der Waals surface area (Å²) in [5.74, 6) is -0.975. The zero-order chi connectivity index (χ0) is 41.8. The molecule has 2 heterocycles. The molecule has 2 aromatic heterocycles. The highest BCUT2D eigenvalue weighted by molar-refractivity contribution is 7.51. The number of ether oxygens (including phenoxy) is 1. The van der Waals surface area contributed by atoms with Crippen LogP contribution in [0.1, 0.15) is 71.6 Å². The van der Waals surface area contributed by atoms with E-state index in [1.165, 1.54) is 23.8 Å². The van der Waals surface area contributed by atoms with Gasteiger partial charge in [-0.3, -0.25) is 14.2 Å². The molecule has 1 fully saturated rings. The fraction of sp³-hybridized carbons (Fsp3) is 0.439. The van der Waals surface area contributed by atoms with Gasteiger partial charge in [-0.25, -0.2) is 15.0 Å². The number of hydrogen-bond donors (Lipinski definition) is 7. The highest BCUT2D eigenvalue weighted by Gasteiger charge is 2.39. The van der Waals surface area contributed by atoms with E-state index in [2.05, 4.69) is 34.0 Å². The van der Waals surface area contributed by atoms with Gasteiger partial charge in [-0.1, -0.05) is 93.0 Å². The molecule has 0 radical (unpaired) electrons. The lowest BCUT2D eigenvalue weighted by Gasteiger charge is -2.16. The normalized spacial score (nSPS) is 17.9. The third kappa shape index (κ3) is 17.1. The summed E-state index contributed by atoms with van der Waals surface area (Å²) in [5.41, 5.74) is 15.5. The van der Waals surface area contributed by atoms with E-state index in [1.54, 1.807) is 23.6 Å². The summed E-state index contributed by atoms with van der Waals surface area (Å²) in [6.45, 7) is 4.17. The van der Waals surface area contributed by atoms with E-state index in [9.17, 15) is 24.4 Å². The molecule has 0 spiro atoms. The molecule has 5 rings (SSSR count). The average Bonchev–Trinajstić information content (AvgIpc) is 3.71. The summed E-state index contributed by atoms with van der Waals surface area (Å²) >= 11 is 0. The molecule has 9 N–H and O–H groups in total. The Morgan fingerprint density at radius 3 is 2.39 bits per heavy atom. The molecule has 5 atom stereocenters. The first-order chi connectivity index (χ1) is 27.2. The number of unbranched alkanes of at least 4 members (excludes halogenated alkanes) is 3. The van der Waals surface area contributed by atoms with Crippen LogP contribution in [0.15, 0.2) is 91.6 Å². The number of aliphatic carboxylic acids is 1. The van der Waals surface area contributed by atoms with E-state index in [0.717, 1.165) is 24.9 Å². The molecule has 1 aliphatic rings. The quantitative estimate of drug-likeness (QED) is 0.0258. The number of carboxylic acids is 1. The predicted octanol–water partition coefficient (Wildman–Crippen LogP) is 6.14. The van der Waals surface area contributed by atoms with Gasteiger partial charge in [0.15, 0.2) is 11.5 Å². The number of carbonyl (C=O) groups is 2. The van der Waals surface area contributed by atoms with Crippen molar-refractivity contribution < 1.29 is 44.0 Å². The number of fused-ring (bicyclic) bond motifs is 1. The molecule has 15 nitrogen and oxygen atoms in total. The molecule has 1 saturated carbocycles. The number of anilines is 2. The number of aliphatic hydroxyl groups is 2. The molecular formula is C41H57N6O9P. The molecule has 0 amide bonds. The minimum atomic E-state index is -4.16. The molecular weight excluding hydrogens is 751 g/mol. The first kappa shape index (κ1) is 46.6. The van der Waals surface area contributed by atoms with Crippen molar-refractivity contribution in [3.63, 3.8) is 0 Å². The fourth-order valence-electron chi connectivity index (χ4n) is 6.11. The third-order valence-corrected chi connectivity index (χ3v) is 9.62. The van der Waals surface area contributed by atoms with Crippen molar-refractivity contribution in [1.82, 2.24) is 19.5 Å². The SMILES string of the molecule is CCCCC[C@H](O)/C=C/[C@H]1[C@H](O)CC(=O)[C@@H]1C/C=C\CCCC(=O)O.C[C@H](Cn1cnc2c(N)ncnc21)OCP(=O)(O)O.Nc1ccc(-c2ccccc2)cc1. The first-order valence-electron chi connectivity index (χ1n) is 19.1. The van der Waals surface area contributed by atoms with Crippen LogP contribution in [-0.2, 0) is 25.4 Å². The second kappa shape index (κ2) is 24.1. The molecule has 0 bridgehead atoms. The van der Waals surface area contributed by atoms with Gasteiger partial charge in [-0.2, -0.15) is 0 Å². The second-order valence-corrected chi connectivity index (χ2v) is 15.5. The Morgan fingerprint density at radius 2 is 1.72 bits per heavy atom. The van der Waals surface area contributed by atoms with Crippen LogP contribution in [0.2, 0.25) is 0 Å². The predicted molar refractivity (Wildman–Crippen MR) is 221 cm³/mol. The highest BCUT2D eigenvalue weighted by Crippen LogP contribution is 2.35. The van der Waals surface area contributed by atoms with Gasteiger partial charge in [-0.05, 0) is 55.9 Å². The number of nitrogen functional groups attached to an aromatic ring is 2. The third-order valence-electron chi connectivity index (χ3n) is 9.14. The summed E-state index contributed by atoms with van der Waals surface area (Å²) in [6.07, 6.45) is 13.9. The van der Waals surface area contributed by atoms with Crippen molar-refractivity contribution in [2.45, 2.75) is 96.5 Å². The van der Waals surface area contributed by atoms with Gasteiger partial charge in [-0.15, -0.1) is 0 Å². The smallest absolute Gasteiger partial charge is 0.350 e. The summed E-state index contributed by atoms with van der Waals surface area (Å²) in [6, 6.07) is 18.2. The second-order valence-electron chi connectivity index (χ2n) is 13.9. The molecule has 0 saturated heterocycles. The van der Waals surface area contributed by atoms with Crippen molar-refractivity contribution in [2.75, 3.05) is 17.8 Å². The summed E-state index contributed by atoms with van der Waals surface area (Å²) < 4.78 is 17.5. The number of aromatic nitrogens is 4.